The molecule has 0 amide bonds. The molecule has 3 rings (SSSR count). The van der Waals surface area contributed by atoms with Crippen LogP contribution in [0.5, 0.6) is 0 Å². The summed E-state index contributed by atoms with van der Waals surface area (Å²) in [6.45, 7) is 0. The molecule has 0 saturated heterocycles. The molecule has 1 atom stereocenters. The van der Waals surface area contributed by atoms with Crippen LogP contribution in [0, 0.1) is 5.92 Å². The minimum atomic E-state index is -0.714. The SMILES string of the molecule is O=C(O)C(CCCc1ccccc1)CSc1cccc2cccnc12. The molecule has 0 aliphatic carbocycles. The molecular weight excluding hydrogens is 330 g/mol. The molecule has 1 N–H and O–H groups in total. The third kappa shape index (κ3) is 4.83. The molecule has 0 aliphatic rings. The molecule has 2 aromatic carbocycles. The Kier molecular flexibility index (Phi) is 6.07. The van der Waals surface area contributed by atoms with E-state index in [-0.39, 0.29) is 5.92 Å². The minimum absolute atomic E-state index is 0.340. The van der Waals surface area contributed by atoms with Gasteiger partial charge in [0.15, 0.2) is 0 Å². The van der Waals surface area contributed by atoms with Gasteiger partial charge < -0.3 is 5.11 Å². The van der Waals surface area contributed by atoms with Gasteiger partial charge in [-0.15, -0.1) is 11.8 Å². The van der Waals surface area contributed by atoms with Crippen LogP contribution in [0.4, 0.5) is 0 Å². The number of carboxylic acid groups (broad SMARTS) is 1. The molecular formula is C21H21NO2S. The van der Waals surface area contributed by atoms with Crippen LogP contribution in [-0.4, -0.2) is 21.8 Å². The lowest BCUT2D eigenvalue weighted by molar-refractivity contribution is -0.141. The van der Waals surface area contributed by atoms with E-state index in [0.29, 0.717) is 12.2 Å². The molecule has 1 unspecified atom stereocenters. The maximum atomic E-state index is 11.6. The van der Waals surface area contributed by atoms with Crippen molar-refractivity contribution in [3.8, 4) is 0 Å². The number of thioether (sulfide) groups is 1. The Morgan fingerprint density at radius 3 is 2.64 bits per heavy atom. The van der Waals surface area contributed by atoms with Crippen molar-refractivity contribution in [3.63, 3.8) is 0 Å². The van der Waals surface area contributed by atoms with Crippen LogP contribution in [0.2, 0.25) is 0 Å². The van der Waals surface area contributed by atoms with Gasteiger partial charge in [0.1, 0.15) is 0 Å². The highest BCUT2D eigenvalue weighted by Crippen LogP contribution is 2.29. The van der Waals surface area contributed by atoms with E-state index in [2.05, 4.69) is 17.1 Å². The zero-order chi connectivity index (χ0) is 17.5. The highest BCUT2D eigenvalue weighted by molar-refractivity contribution is 7.99. The summed E-state index contributed by atoms with van der Waals surface area (Å²) in [5.74, 6) is -0.485. The second kappa shape index (κ2) is 8.67. The summed E-state index contributed by atoms with van der Waals surface area (Å²) < 4.78 is 0. The Labute approximate surface area is 152 Å². The number of pyridine rings is 1. The summed E-state index contributed by atoms with van der Waals surface area (Å²) in [6, 6.07) is 20.2. The molecule has 3 aromatic rings. The van der Waals surface area contributed by atoms with Gasteiger partial charge in [-0.3, -0.25) is 9.78 Å². The largest absolute Gasteiger partial charge is 0.481 e. The molecule has 1 aromatic heterocycles. The number of fused-ring (bicyclic) bond motifs is 1. The standard InChI is InChI=1S/C21H21NO2S/c23-21(24)18(11-4-9-16-7-2-1-3-8-16)15-25-19-13-5-10-17-12-6-14-22-20(17)19/h1-3,5-8,10,12-14,18H,4,9,11,15H2,(H,23,24). The molecule has 0 aliphatic heterocycles. The zero-order valence-electron chi connectivity index (χ0n) is 14.0. The van der Waals surface area contributed by atoms with Crippen molar-refractivity contribution in [1.29, 1.82) is 0 Å². The minimum Gasteiger partial charge on any atom is -0.481 e. The fourth-order valence-corrected chi connectivity index (χ4v) is 4.03. The second-order valence-corrected chi connectivity index (χ2v) is 7.12. The molecule has 128 valence electrons. The summed E-state index contributed by atoms with van der Waals surface area (Å²) in [5.41, 5.74) is 2.21. The van der Waals surface area contributed by atoms with E-state index in [4.69, 9.17) is 0 Å². The van der Waals surface area contributed by atoms with Gasteiger partial charge in [-0.25, -0.2) is 0 Å². The van der Waals surface area contributed by atoms with Crippen molar-refractivity contribution < 1.29 is 9.90 Å². The Hall–Kier alpha value is -2.33. The van der Waals surface area contributed by atoms with Gasteiger partial charge in [-0.2, -0.15) is 0 Å². The molecule has 0 spiro atoms. The van der Waals surface area contributed by atoms with E-state index in [9.17, 15) is 9.90 Å². The van der Waals surface area contributed by atoms with Gasteiger partial charge in [-0.05, 0) is 37.0 Å². The Morgan fingerprint density at radius 1 is 1.04 bits per heavy atom. The van der Waals surface area contributed by atoms with E-state index in [1.807, 2.05) is 48.5 Å². The van der Waals surface area contributed by atoms with E-state index in [0.717, 1.165) is 28.6 Å². The summed E-state index contributed by atoms with van der Waals surface area (Å²) in [5, 5.41) is 10.6. The van der Waals surface area contributed by atoms with Crippen molar-refractivity contribution in [2.24, 2.45) is 5.92 Å². The number of hydrogen-bond donors (Lipinski definition) is 1. The average molecular weight is 351 g/mol. The van der Waals surface area contributed by atoms with Crippen LogP contribution < -0.4 is 0 Å². The molecule has 0 bridgehead atoms. The van der Waals surface area contributed by atoms with Gasteiger partial charge >= 0.3 is 5.97 Å². The van der Waals surface area contributed by atoms with Crippen molar-refractivity contribution in [2.45, 2.75) is 24.2 Å². The van der Waals surface area contributed by atoms with Crippen molar-refractivity contribution in [1.82, 2.24) is 4.98 Å². The van der Waals surface area contributed by atoms with Crippen LogP contribution >= 0.6 is 11.8 Å². The highest BCUT2D eigenvalue weighted by Gasteiger charge is 2.18. The monoisotopic (exact) mass is 351 g/mol. The first-order chi connectivity index (χ1) is 12.2. The number of nitrogens with zero attached hydrogens (tertiary/aromatic N) is 1. The smallest absolute Gasteiger partial charge is 0.307 e. The second-order valence-electron chi connectivity index (χ2n) is 6.06. The van der Waals surface area contributed by atoms with Gasteiger partial charge in [0.05, 0.1) is 11.4 Å². The summed E-state index contributed by atoms with van der Waals surface area (Å²) in [4.78, 5) is 17.1. The molecule has 4 heteroatoms. The number of rotatable bonds is 8. The number of aryl methyl sites for hydroxylation is 1. The lowest BCUT2D eigenvalue weighted by Crippen LogP contribution is -2.16. The predicted molar refractivity (Wildman–Crippen MR) is 103 cm³/mol. The van der Waals surface area contributed by atoms with E-state index in [1.54, 1.807) is 18.0 Å². The maximum Gasteiger partial charge on any atom is 0.307 e. The van der Waals surface area contributed by atoms with Crippen LogP contribution in [-0.2, 0) is 11.2 Å². The molecule has 0 radical (unpaired) electrons. The number of carboxylic acids is 1. The Morgan fingerprint density at radius 2 is 1.84 bits per heavy atom. The Balaban J connectivity index is 1.59. The fourth-order valence-electron chi connectivity index (χ4n) is 2.86. The van der Waals surface area contributed by atoms with Crippen LogP contribution in [0.3, 0.4) is 0 Å². The van der Waals surface area contributed by atoms with Crippen molar-refractivity contribution in [3.05, 3.63) is 72.4 Å². The first-order valence-electron chi connectivity index (χ1n) is 8.47. The van der Waals surface area contributed by atoms with Gasteiger partial charge in [0.2, 0.25) is 0 Å². The van der Waals surface area contributed by atoms with Crippen molar-refractivity contribution in [2.75, 3.05) is 5.75 Å². The molecule has 3 nitrogen and oxygen atoms in total. The third-order valence-electron chi connectivity index (χ3n) is 4.25. The fraction of sp³-hybridized carbons (Fsp3) is 0.238. The molecule has 0 saturated carbocycles. The number of para-hydroxylation sites is 1. The topological polar surface area (TPSA) is 50.2 Å². The molecule has 0 fully saturated rings. The predicted octanol–water partition coefficient (Wildman–Crippen LogP) is 5.05. The normalized spacial score (nSPS) is 12.2. The Bertz CT molecular complexity index is 830. The first kappa shape index (κ1) is 17.5. The molecule has 1 heterocycles. The highest BCUT2D eigenvalue weighted by atomic mass is 32.2. The quantitative estimate of drug-likeness (QED) is 0.577. The van der Waals surface area contributed by atoms with E-state index in [1.165, 1.54) is 5.56 Å². The molecule has 25 heavy (non-hydrogen) atoms. The first-order valence-corrected chi connectivity index (χ1v) is 9.46. The number of hydrogen-bond acceptors (Lipinski definition) is 3. The number of aliphatic carboxylic acids is 1. The zero-order valence-corrected chi connectivity index (χ0v) is 14.8. The van der Waals surface area contributed by atoms with Gasteiger partial charge in [0.25, 0.3) is 0 Å². The number of carbonyl (C=O) groups is 1. The van der Waals surface area contributed by atoms with Gasteiger partial charge in [-0.1, -0.05) is 48.5 Å². The van der Waals surface area contributed by atoms with Crippen molar-refractivity contribution >= 4 is 28.6 Å². The van der Waals surface area contributed by atoms with Crippen LogP contribution in [0.1, 0.15) is 18.4 Å². The lowest BCUT2D eigenvalue weighted by atomic mass is 10.0. The number of benzene rings is 2. The van der Waals surface area contributed by atoms with Crippen LogP contribution in [0.15, 0.2) is 71.8 Å². The third-order valence-corrected chi connectivity index (χ3v) is 5.46. The van der Waals surface area contributed by atoms with Crippen LogP contribution in [0.25, 0.3) is 10.9 Å². The maximum absolute atomic E-state index is 11.6. The van der Waals surface area contributed by atoms with E-state index < -0.39 is 5.97 Å². The summed E-state index contributed by atoms with van der Waals surface area (Å²) >= 11 is 1.59. The average Bonchev–Trinajstić information content (AvgIpc) is 2.65. The lowest BCUT2D eigenvalue weighted by Gasteiger charge is -2.13. The van der Waals surface area contributed by atoms with Gasteiger partial charge in [0, 0.05) is 22.2 Å². The summed E-state index contributed by atoms with van der Waals surface area (Å²) in [7, 11) is 0. The summed E-state index contributed by atoms with van der Waals surface area (Å²) in [6.07, 6.45) is 4.27. The number of aromatic nitrogens is 1. The van der Waals surface area contributed by atoms with E-state index >= 15 is 0 Å².